The number of esters is 1. The Balaban J connectivity index is 2.45. The molecule has 2 aromatic rings. The molecule has 3 N–H and O–H groups in total. The van der Waals surface area contributed by atoms with E-state index in [0.29, 0.717) is 0 Å². The highest BCUT2D eigenvalue weighted by molar-refractivity contribution is 6.06. The number of nitrogens with one attached hydrogen (secondary N) is 1. The standard InChI is InChI=1S/C11H7F3N2O3/c12-11(13,14)10(18)19-7-4-16-8-5(7)2-1-3-6(8)9(15)17/h1-4,16H,(H2,15,17). The van der Waals surface area contributed by atoms with Crippen LogP contribution in [-0.2, 0) is 4.79 Å². The Morgan fingerprint density at radius 2 is 1.95 bits per heavy atom. The van der Waals surface area contributed by atoms with E-state index in [9.17, 15) is 22.8 Å². The number of primary amides is 1. The molecule has 1 aromatic heterocycles. The molecule has 0 unspecified atom stereocenters. The predicted molar refractivity (Wildman–Crippen MR) is 58.5 cm³/mol. The number of fused-ring (bicyclic) bond motifs is 1. The third-order valence-electron chi connectivity index (χ3n) is 2.38. The molecule has 0 aliphatic carbocycles. The molecule has 0 aliphatic heterocycles. The van der Waals surface area contributed by atoms with Crippen molar-refractivity contribution in [3.05, 3.63) is 30.0 Å². The Bertz CT molecular complexity index is 661. The lowest BCUT2D eigenvalue weighted by Crippen LogP contribution is -2.27. The number of carbonyl (C=O) groups excluding carboxylic acids is 2. The van der Waals surface area contributed by atoms with Crippen molar-refractivity contribution < 1.29 is 27.5 Å². The minimum absolute atomic E-state index is 0.0896. The SMILES string of the molecule is NC(=O)c1cccc2c(OC(=O)C(F)(F)F)c[nH]c12. The van der Waals surface area contributed by atoms with Crippen molar-refractivity contribution in [3.8, 4) is 5.75 Å². The third kappa shape index (κ3) is 2.37. The number of aromatic nitrogens is 1. The molecule has 0 bridgehead atoms. The van der Waals surface area contributed by atoms with Gasteiger partial charge in [0, 0.05) is 11.6 Å². The number of H-pyrrole nitrogens is 1. The second-order valence-corrected chi connectivity index (χ2v) is 3.63. The van der Waals surface area contributed by atoms with Crippen molar-refractivity contribution in [2.24, 2.45) is 5.73 Å². The topological polar surface area (TPSA) is 85.2 Å². The van der Waals surface area contributed by atoms with Crippen LogP contribution < -0.4 is 10.5 Å². The van der Waals surface area contributed by atoms with E-state index in [0.717, 1.165) is 6.20 Å². The van der Waals surface area contributed by atoms with E-state index >= 15 is 0 Å². The molecular formula is C11H7F3N2O3. The van der Waals surface area contributed by atoms with E-state index in [4.69, 9.17) is 5.73 Å². The number of aromatic amines is 1. The summed E-state index contributed by atoms with van der Waals surface area (Å²) in [7, 11) is 0. The largest absolute Gasteiger partial charge is 0.491 e. The summed E-state index contributed by atoms with van der Waals surface area (Å²) < 4.78 is 40.5. The van der Waals surface area contributed by atoms with Gasteiger partial charge in [-0.25, -0.2) is 4.79 Å². The molecule has 1 aromatic carbocycles. The van der Waals surface area contributed by atoms with Gasteiger partial charge in [-0.1, -0.05) is 6.07 Å². The summed E-state index contributed by atoms with van der Waals surface area (Å²) in [5.74, 6) is -3.40. The second kappa shape index (κ2) is 4.30. The van der Waals surface area contributed by atoms with E-state index in [1.807, 2.05) is 0 Å². The molecule has 0 atom stereocenters. The zero-order chi connectivity index (χ0) is 14.2. The van der Waals surface area contributed by atoms with Gasteiger partial charge in [0.2, 0.25) is 0 Å². The number of para-hydroxylation sites is 1. The number of carbonyl (C=O) groups is 2. The number of amides is 1. The molecule has 0 spiro atoms. The first-order valence-electron chi connectivity index (χ1n) is 4.99. The minimum atomic E-state index is -5.09. The monoisotopic (exact) mass is 272 g/mol. The first-order valence-corrected chi connectivity index (χ1v) is 4.99. The van der Waals surface area contributed by atoms with Crippen molar-refractivity contribution in [2.45, 2.75) is 6.18 Å². The van der Waals surface area contributed by atoms with E-state index in [1.165, 1.54) is 18.2 Å². The van der Waals surface area contributed by atoms with Crippen LogP contribution in [0.25, 0.3) is 10.9 Å². The van der Waals surface area contributed by atoms with Crippen LogP contribution in [0.5, 0.6) is 5.75 Å². The van der Waals surface area contributed by atoms with Crippen LogP contribution in [0.3, 0.4) is 0 Å². The molecule has 2 rings (SSSR count). The molecule has 0 saturated carbocycles. The van der Waals surface area contributed by atoms with E-state index in [2.05, 4.69) is 9.72 Å². The van der Waals surface area contributed by atoms with E-state index < -0.39 is 18.1 Å². The Kier molecular flexibility index (Phi) is 2.93. The molecule has 5 nitrogen and oxygen atoms in total. The van der Waals surface area contributed by atoms with Gasteiger partial charge in [-0.15, -0.1) is 0 Å². The smallest absolute Gasteiger partial charge is 0.418 e. The molecular weight excluding hydrogens is 265 g/mol. The molecule has 0 fully saturated rings. The molecule has 0 radical (unpaired) electrons. The summed E-state index contributed by atoms with van der Waals surface area (Å²) in [5, 5.41) is 0.161. The van der Waals surface area contributed by atoms with Gasteiger partial charge in [0.25, 0.3) is 5.91 Å². The van der Waals surface area contributed by atoms with Gasteiger partial charge in [-0.3, -0.25) is 4.79 Å². The molecule has 0 saturated heterocycles. The number of benzene rings is 1. The molecule has 1 amide bonds. The van der Waals surface area contributed by atoms with Crippen LogP contribution in [0.2, 0.25) is 0 Å². The maximum absolute atomic E-state index is 12.1. The van der Waals surface area contributed by atoms with E-state index in [-0.39, 0.29) is 22.2 Å². The lowest BCUT2D eigenvalue weighted by molar-refractivity contribution is -0.189. The minimum Gasteiger partial charge on any atom is -0.418 e. The van der Waals surface area contributed by atoms with Gasteiger partial charge >= 0.3 is 12.1 Å². The number of hydrogen-bond donors (Lipinski definition) is 2. The second-order valence-electron chi connectivity index (χ2n) is 3.63. The normalized spacial score (nSPS) is 11.5. The average Bonchev–Trinajstić information content (AvgIpc) is 2.71. The molecule has 19 heavy (non-hydrogen) atoms. The Morgan fingerprint density at radius 1 is 1.26 bits per heavy atom. The van der Waals surface area contributed by atoms with Crippen molar-refractivity contribution >= 4 is 22.8 Å². The summed E-state index contributed by atoms with van der Waals surface area (Å²) >= 11 is 0. The van der Waals surface area contributed by atoms with Crippen molar-refractivity contribution in [3.63, 3.8) is 0 Å². The fraction of sp³-hybridized carbons (Fsp3) is 0.0909. The summed E-state index contributed by atoms with van der Waals surface area (Å²) in [4.78, 5) is 24.4. The number of alkyl halides is 3. The first kappa shape index (κ1) is 12.9. The van der Waals surface area contributed by atoms with Crippen LogP contribution in [0.1, 0.15) is 10.4 Å². The summed E-state index contributed by atoms with van der Waals surface area (Å²) in [5.41, 5.74) is 5.41. The predicted octanol–water partition coefficient (Wildman–Crippen LogP) is 1.73. The van der Waals surface area contributed by atoms with Crippen LogP contribution >= 0.6 is 0 Å². The third-order valence-corrected chi connectivity index (χ3v) is 2.38. The van der Waals surface area contributed by atoms with Crippen LogP contribution in [-0.4, -0.2) is 23.0 Å². The Hall–Kier alpha value is -2.51. The van der Waals surface area contributed by atoms with Crippen LogP contribution in [0.15, 0.2) is 24.4 Å². The fourth-order valence-electron chi connectivity index (χ4n) is 1.58. The first-order chi connectivity index (χ1) is 8.80. The van der Waals surface area contributed by atoms with E-state index in [1.54, 1.807) is 0 Å². The molecule has 100 valence electrons. The van der Waals surface area contributed by atoms with Gasteiger partial charge in [0.1, 0.15) is 0 Å². The summed E-state index contributed by atoms with van der Waals surface area (Å²) in [6, 6.07) is 4.22. The number of rotatable bonds is 2. The Morgan fingerprint density at radius 3 is 2.53 bits per heavy atom. The molecule has 8 heteroatoms. The molecule has 1 heterocycles. The van der Waals surface area contributed by atoms with Crippen molar-refractivity contribution in [1.82, 2.24) is 4.98 Å². The zero-order valence-electron chi connectivity index (χ0n) is 9.25. The number of ether oxygens (including phenoxy) is 1. The number of nitrogens with two attached hydrogens (primary N) is 1. The van der Waals surface area contributed by atoms with Crippen molar-refractivity contribution in [2.75, 3.05) is 0 Å². The molecule has 0 aliphatic rings. The quantitative estimate of drug-likeness (QED) is 0.816. The van der Waals surface area contributed by atoms with Gasteiger partial charge in [0.05, 0.1) is 11.1 Å². The van der Waals surface area contributed by atoms with Gasteiger partial charge in [-0.05, 0) is 12.1 Å². The van der Waals surface area contributed by atoms with Crippen LogP contribution in [0, 0.1) is 0 Å². The zero-order valence-corrected chi connectivity index (χ0v) is 9.25. The highest BCUT2D eigenvalue weighted by atomic mass is 19.4. The van der Waals surface area contributed by atoms with Crippen molar-refractivity contribution in [1.29, 1.82) is 0 Å². The van der Waals surface area contributed by atoms with Gasteiger partial charge in [-0.2, -0.15) is 13.2 Å². The fourth-order valence-corrected chi connectivity index (χ4v) is 1.58. The Labute approximate surface area is 104 Å². The summed E-state index contributed by atoms with van der Waals surface area (Å²) in [6.07, 6.45) is -4.04. The highest BCUT2D eigenvalue weighted by Crippen LogP contribution is 2.29. The van der Waals surface area contributed by atoms with Gasteiger partial charge < -0.3 is 15.5 Å². The number of hydrogen-bond acceptors (Lipinski definition) is 3. The highest BCUT2D eigenvalue weighted by Gasteiger charge is 2.41. The lowest BCUT2D eigenvalue weighted by Gasteiger charge is -2.05. The lowest BCUT2D eigenvalue weighted by atomic mass is 10.1. The van der Waals surface area contributed by atoms with Gasteiger partial charge in [0.15, 0.2) is 5.75 Å². The number of halogens is 3. The maximum atomic E-state index is 12.1. The van der Waals surface area contributed by atoms with Crippen LogP contribution in [0.4, 0.5) is 13.2 Å². The maximum Gasteiger partial charge on any atom is 0.491 e. The summed E-state index contributed by atoms with van der Waals surface area (Å²) in [6.45, 7) is 0. The average molecular weight is 272 g/mol.